The molecule has 1 aromatic heterocycles. The molecule has 1 heterocycles. The summed E-state index contributed by atoms with van der Waals surface area (Å²) in [6.45, 7) is 4.55. The molecule has 0 aliphatic carbocycles. The van der Waals surface area contributed by atoms with Crippen LogP contribution in [0.4, 0.5) is 10.7 Å². The van der Waals surface area contributed by atoms with Gasteiger partial charge in [0.15, 0.2) is 5.00 Å². The Morgan fingerprint density at radius 3 is 2.72 bits per heavy atom. The Balaban J connectivity index is 2.88. The van der Waals surface area contributed by atoms with Crippen molar-refractivity contribution in [2.45, 2.75) is 39.2 Å². The van der Waals surface area contributed by atoms with Gasteiger partial charge in [0.1, 0.15) is 0 Å². The van der Waals surface area contributed by atoms with Gasteiger partial charge in [-0.1, -0.05) is 19.8 Å². The van der Waals surface area contributed by atoms with E-state index in [0.717, 1.165) is 25.8 Å². The quantitative estimate of drug-likeness (QED) is 0.469. The molecule has 1 aromatic rings. The van der Waals surface area contributed by atoms with Crippen LogP contribution in [0.5, 0.6) is 0 Å². The van der Waals surface area contributed by atoms with Gasteiger partial charge < -0.3 is 10.0 Å². The van der Waals surface area contributed by atoms with E-state index >= 15 is 0 Å². The lowest BCUT2D eigenvalue weighted by molar-refractivity contribution is -0.383. The van der Waals surface area contributed by atoms with Crippen molar-refractivity contribution in [3.8, 4) is 0 Å². The van der Waals surface area contributed by atoms with E-state index in [0.29, 0.717) is 9.88 Å². The maximum absolute atomic E-state index is 11.0. The molecule has 1 rings (SSSR count). The summed E-state index contributed by atoms with van der Waals surface area (Å²) in [4.78, 5) is 13.2. The van der Waals surface area contributed by atoms with E-state index < -0.39 is 6.10 Å². The van der Waals surface area contributed by atoms with E-state index in [1.54, 1.807) is 6.92 Å². The van der Waals surface area contributed by atoms with Gasteiger partial charge in [-0.05, 0) is 13.3 Å². The Morgan fingerprint density at radius 1 is 1.56 bits per heavy atom. The number of hydrogen-bond donors (Lipinski definition) is 1. The van der Waals surface area contributed by atoms with Crippen molar-refractivity contribution in [1.29, 1.82) is 0 Å². The smallest absolute Gasteiger partial charge is 0.304 e. The molecule has 6 heteroatoms. The second-order valence-corrected chi connectivity index (χ2v) is 5.46. The molecular formula is C12H20N2O3S. The number of unbranched alkanes of at least 4 members (excludes halogenated alkanes) is 2. The van der Waals surface area contributed by atoms with Crippen molar-refractivity contribution in [2.75, 3.05) is 18.5 Å². The average Bonchev–Trinajstić information content (AvgIpc) is 2.74. The van der Waals surface area contributed by atoms with Crippen molar-refractivity contribution in [3.63, 3.8) is 0 Å². The van der Waals surface area contributed by atoms with Crippen molar-refractivity contribution < 1.29 is 10.0 Å². The number of nitrogens with zero attached hydrogens (tertiary/aromatic N) is 2. The largest absolute Gasteiger partial charge is 0.388 e. The van der Waals surface area contributed by atoms with Crippen LogP contribution in [-0.2, 0) is 0 Å². The number of aliphatic hydroxyl groups excluding tert-OH is 1. The summed E-state index contributed by atoms with van der Waals surface area (Å²) in [6.07, 6.45) is 2.60. The number of anilines is 1. The predicted octanol–water partition coefficient (Wildman–Crippen LogP) is 3.34. The first-order chi connectivity index (χ1) is 8.47. The lowest BCUT2D eigenvalue weighted by Gasteiger charge is -2.16. The lowest BCUT2D eigenvalue weighted by atomic mass is 10.2. The molecule has 0 aromatic carbocycles. The summed E-state index contributed by atoms with van der Waals surface area (Å²) in [5.41, 5.74) is 0.0925. The third-order valence-electron chi connectivity index (χ3n) is 2.76. The highest BCUT2D eigenvalue weighted by atomic mass is 32.1. The van der Waals surface area contributed by atoms with Gasteiger partial charge in [-0.15, -0.1) is 11.3 Å². The molecule has 0 aliphatic rings. The van der Waals surface area contributed by atoms with E-state index in [4.69, 9.17) is 0 Å². The molecule has 0 bridgehead atoms. The zero-order chi connectivity index (χ0) is 13.7. The highest BCUT2D eigenvalue weighted by molar-refractivity contribution is 7.16. The van der Waals surface area contributed by atoms with Crippen LogP contribution in [0.2, 0.25) is 0 Å². The van der Waals surface area contributed by atoms with Crippen LogP contribution in [-0.4, -0.2) is 23.6 Å². The molecule has 0 aliphatic heterocycles. The van der Waals surface area contributed by atoms with E-state index in [9.17, 15) is 15.2 Å². The minimum Gasteiger partial charge on any atom is -0.388 e. The Labute approximate surface area is 111 Å². The van der Waals surface area contributed by atoms with Gasteiger partial charge in [-0.3, -0.25) is 10.1 Å². The zero-order valence-electron chi connectivity index (χ0n) is 11.0. The van der Waals surface area contributed by atoms with Crippen LogP contribution in [0.15, 0.2) is 6.07 Å². The van der Waals surface area contributed by atoms with Gasteiger partial charge in [0, 0.05) is 24.5 Å². The van der Waals surface area contributed by atoms with Gasteiger partial charge in [0.25, 0.3) is 0 Å². The monoisotopic (exact) mass is 272 g/mol. The van der Waals surface area contributed by atoms with Crippen molar-refractivity contribution in [2.24, 2.45) is 0 Å². The number of nitro groups is 1. The summed E-state index contributed by atoms with van der Waals surface area (Å²) in [5, 5.41) is 21.1. The predicted molar refractivity (Wildman–Crippen MR) is 74.4 cm³/mol. The van der Waals surface area contributed by atoms with Crippen molar-refractivity contribution >= 4 is 22.0 Å². The second kappa shape index (κ2) is 6.70. The fourth-order valence-corrected chi connectivity index (χ4v) is 2.75. The number of aliphatic hydroxyl groups is 1. The van der Waals surface area contributed by atoms with E-state index in [-0.39, 0.29) is 10.6 Å². The molecule has 0 radical (unpaired) electrons. The summed E-state index contributed by atoms with van der Waals surface area (Å²) in [6, 6.07) is 1.47. The first kappa shape index (κ1) is 14.9. The SMILES string of the molecule is CCCCCN(C)c1sc(C(C)O)cc1[N+](=O)[O-]. The Bertz CT molecular complexity index is 404. The minimum absolute atomic E-state index is 0.0925. The summed E-state index contributed by atoms with van der Waals surface area (Å²) < 4.78 is 0. The topological polar surface area (TPSA) is 66.6 Å². The van der Waals surface area contributed by atoms with Crippen LogP contribution in [0.25, 0.3) is 0 Å². The molecular weight excluding hydrogens is 252 g/mol. The maximum Gasteiger partial charge on any atom is 0.304 e. The Hall–Kier alpha value is -1.14. The fourth-order valence-electron chi connectivity index (χ4n) is 1.70. The molecule has 1 N–H and O–H groups in total. The second-order valence-electron chi connectivity index (χ2n) is 4.40. The van der Waals surface area contributed by atoms with Crippen molar-refractivity contribution in [3.05, 3.63) is 21.1 Å². The Kier molecular flexibility index (Phi) is 5.55. The molecule has 5 nitrogen and oxygen atoms in total. The molecule has 0 spiro atoms. The summed E-state index contributed by atoms with van der Waals surface area (Å²) in [5.74, 6) is 0. The van der Waals surface area contributed by atoms with Crippen LogP contribution in [0.3, 0.4) is 0 Å². The van der Waals surface area contributed by atoms with E-state index in [1.807, 2.05) is 11.9 Å². The van der Waals surface area contributed by atoms with Gasteiger partial charge >= 0.3 is 5.69 Å². The van der Waals surface area contributed by atoms with Gasteiger partial charge in [-0.25, -0.2) is 0 Å². The third-order valence-corrected chi connectivity index (χ3v) is 4.17. The van der Waals surface area contributed by atoms with Gasteiger partial charge in [-0.2, -0.15) is 0 Å². The van der Waals surface area contributed by atoms with E-state index in [2.05, 4.69) is 6.92 Å². The van der Waals surface area contributed by atoms with E-state index in [1.165, 1.54) is 17.4 Å². The molecule has 0 fully saturated rings. The molecule has 0 saturated heterocycles. The van der Waals surface area contributed by atoms with Gasteiger partial charge in [0.2, 0.25) is 0 Å². The third kappa shape index (κ3) is 3.68. The highest BCUT2D eigenvalue weighted by Crippen LogP contribution is 2.39. The normalized spacial score (nSPS) is 12.4. The lowest BCUT2D eigenvalue weighted by Crippen LogP contribution is -2.18. The summed E-state index contributed by atoms with van der Waals surface area (Å²) in [7, 11) is 1.86. The first-order valence-corrected chi connectivity index (χ1v) is 6.96. The van der Waals surface area contributed by atoms with Crippen LogP contribution in [0, 0.1) is 10.1 Å². The van der Waals surface area contributed by atoms with Crippen molar-refractivity contribution in [1.82, 2.24) is 0 Å². The number of rotatable bonds is 7. The van der Waals surface area contributed by atoms with Crippen LogP contribution < -0.4 is 4.90 Å². The molecule has 102 valence electrons. The molecule has 0 amide bonds. The standard InChI is InChI=1S/C12H20N2O3S/c1-4-5-6-7-13(3)12-10(14(16)17)8-11(18-12)9(2)15/h8-9,15H,4-7H2,1-3H3. The number of thiophene rings is 1. The average molecular weight is 272 g/mol. The first-order valence-electron chi connectivity index (χ1n) is 6.14. The maximum atomic E-state index is 11.0. The summed E-state index contributed by atoms with van der Waals surface area (Å²) >= 11 is 1.30. The van der Waals surface area contributed by atoms with Gasteiger partial charge in [0.05, 0.1) is 11.0 Å². The zero-order valence-corrected chi connectivity index (χ0v) is 11.9. The minimum atomic E-state index is -0.661. The molecule has 0 saturated carbocycles. The molecule has 18 heavy (non-hydrogen) atoms. The highest BCUT2D eigenvalue weighted by Gasteiger charge is 2.23. The fraction of sp³-hybridized carbons (Fsp3) is 0.667. The van der Waals surface area contributed by atoms with Crippen LogP contribution >= 0.6 is 11.3 Å². The molecule has 1 unspecified atom stereocenters. The Morgan fingerprint density at radius 2 is 2.22 bits per heavy atom. The number of hydrogen-bond acceptors (Lipinski definition) is 5. The molecule has 1 atom stereocenters. The van der Waals surface area contributed by atoms with Crippen LogP contribution in [0.1, 0.15) is 44.1 Å².